The molecule has 0 bridgehead atoms. The van der Waals surface area contributed by atoms with Gasteiger partial charge in [0.2, 0.25) is 0 Å². The van der Waals surface area contributed by atoms with E-state index < -0.39 is 5.97 Å². The van der Waals surface area contributed by atoms with Crippen molar-refractivity contribution in [2.75, 3.05) is 13.2 Å². The molecule has 1 aromatic rings. The van der Waals surface area contributed by atoms with Gasteiger partial charge < -0.3 is 24.1 Å². The van der Waals surface area contributed by atoms with Crippen molar-refractivity contribution in [3.63, 3.8) is 0 Å². The van der Waals surface area contributed by atoms with Crippen LogP contribution >= 0.6 is 0 Å². The van der Waals surface area contributed by atoms with E-state index in [-0.39, 0.29) is 19.0 Å². The Balaban J connectivity index is 1.75. The lowest BCUT2D eigenvalue weighted by Gasteiger charge is -2.17. The summed E-state index contributed by atoms with van der Waals surface area (Å²) < 4.78 is 22.4. The number of rotatable bonds is 6. The SMILES string of the molecule is O=C(O)Cc1cc(OC2CCCO2)cc(OC2CCCO2)c1. The number of aliphatic carboxylic acids is 1. The van der Waals surface area contributed by atoms with Gasteiger partial charge in [-0.2, -0.15) is 0 Å². The van der Waals surface area contributed by atoms with Crippen molar-refractivity contribution < 1.29 is 28.8 Å². The third kappa shape index (κ3) is 4.11. The Bertz CT molecular complexity index is 481. The predicted molar refractivity (Wildman–Crippen MR) is 77.0 cm³/mol. The summed E-state index contributed by atoms with van der Waals surface area (Å²) in [6.45, 7) is 1.39. The van der Waals surface area contributed by atoms with E-state index in [1.54, 1.807) is 18.2 Å². The number of hydrogen-bond donors (Lipinski definition) is 1. The fraction of sp³-hybridized carbons (Fsp3) is 0.562. The van der Waals surface area contributed by atoms with E-state index in [4.69, 9.17) is 24.1 Å². The number of carbonyl (C=O) groups is 1. The molecular formula is C16H20O6. The number of ether oxygens (including phenoxy) is 4. The van der Waals surface area contributed by atoms with Crippen LogP contribution in [0.2, 0.25) is 0 Å². The standard InChI is InChI=1S/C16H20O6/c17-14(18)9-11-7-12(21-15-3-1-5-19-15)10-13(8-11)22-16-4-2-6-20-16/h7-8,10,15-16H,1-6,9H2,(H,17,18). The van der Waals surface area contributed by atoms with Crippen LogP contribution in [-0.4, -0.2) is 36.9 Å². The van der Waals surface area contributed by atoms with Crippen molar-refractivity contribution >= 4 is 5.97 Å². The van der Waals surface area contributed by atoms with E-state index in [9.17, 15) is 4.79 Å². The van der Waals surface area contributed by atoms with Gasteiger partial charge in [0, 0.05) is 18.9 Å². The van der Waals surface area contributed by atoms with Crippen LogP contribution in [0.1, 0.15) is 31.2 Å². The Labute approximate surface area is 128 Å². The molecule has 0 radical (unpaired) electrons. The van der Waals surface area contributed by atoms with Crippen LogP contribution in [0.3, 0.4) is 0 Å². The van der Waals surface area contributed by atoms with Gasteiger partial charge >= 0.3 is 5.97 Å². The van der Waals surface area contributed by atoms with Gasteiger partial charge in [-0.3, -0.25) is 4.79 Å². The molecule has 2 unspecified atom stereocenters. The molecule has 6 nitrogen and oxygen atoms in total. The zero-order valence-electron chi connectivity index (χ0n) is 12.3. The molecule has 0 saturated carbocycles. The topological polar surface area (TPSA) is 74.2 Å². The minimum Gasteiger partial charge on any atom is -0.481 e. The summed E-state index contributed by atoms with van der Waals surface area (Å²) in [5.41, 5.74) is 0.635. The Kier molecular flexibility index (Phi) is 4.80. The second-order valence-electron chi connectivity index (χ2n) is 5.50. The molecule has 3 rings (SSSR count). The van der Waals surface area contributed by atoms with Crippen molar-refractivity contribution in [1.29, 1.82) is 0 Å². The molecule has 1 N–H and O–H groups in total. The van der Waals surface area contributed by atoms with Crippen molar-refractivity contribution in [3.8, 4) is 11.5 Å². The first kappa shape index (κ1) is 15.1. The number of carboxylic acid groups (broad SMARTS) is 1. The first-order valence-electron chi connectivity index (χ1n) is 7.61. The van der Waals surface area contributed by atoms with Crippen molar-refractivity contribution in [2.45, 2.75) is 44.7 Å². The smallest absolute Gasteiger partial charge is 0.307 e. The summed E-state index contributed by atoms with van der Waals surface area (Å²) in [6.07, 6.45) is 3.00. The lowest BCUT2D eigenvalue weighted by Crippen LogP contribution is -2.16. The maximum Gasteiger partial charge on any atom is 0.307 e. The highest BCUT2D eigenvalue weighted by Crippen LogP contribution is 2.28. The van der Waals surface area contributed by atoms with Crippen molar-refractivity contribution in [2.24, 2.45) is 0 Å². The van der Waals surface area contributed by atoms with Gasteiger partial charge in [-0.25, -0.2) is 0 Å². The zero-order valence-corrected chi connectivity index (χ0v) is 12.3. The molecule has 6 heteroatoms. The molecule has 2 atom stereocenters. The highest BCUT2D eigenvalue weighted by Gasteiger charge is 2.20. The predicted octanol–water partition coefficient (Wildman–Crippen LogP) is 2.34. The molecular weight excluding hydrogens is 288 g/mol. The van der Waals surface area contributed by atoms with Crippen LogP contribution in [0, 0.1) is 0 Å². The van der Waals surface area contributed by atoms with Gasteiger partial charge in [-0.1, -0.05) is 0 Å². The summed E-state index contributed by atoms with van der Waals surface area (Å²) >= 11 is 0. The number of hydrogen-bond acceptors (Lipinski definition) is 5. The molecule has 2 fully saturated rings. The van der Waals surface area contributed by atoms with E-state index >= 15 is 0 Å². The van der Waals surface area contributed by atoms with Crippen LogP contribution < -0.4 is 9.47 Å². The van der Waals surface area contributed by atoms with Gasteiger partial charge in [0.05, 0.1) is 19.6 Å². The van der Waals surface area contributed by atoms with E-state index in [2.05, 4.69) is 0 Å². The van der Waals surface area contributed by atoms with Gasteiger partial charge in [-0.05, 0) is 30.5 Å². The summed E-state index contributed by atoms with van der Waals surface area (Å²) in [6, 6.07) is 5.20. The largest absolute Gasteiger partial charge is 0.481 e. The van der Waals surface area contributed by atoms with Gasteiger partial charge in [0.25, 0.3) is 0 Å². The van der Waals surface area contributed by atoms with E-state index in [1.807, 2.05) is 0 Å². The molecule has 0 aromatic heterocycles. The Hall–Kier alpha value is -1.79. The fourth-order valence-corrected chi connectivity index (χ4v) is 2.63. The number of carboxylic acids is 1. The summed E-state index contributed by atoms with van der Waals surface area (Å²) in [7, 11) is 0. The van der Waals surface area contributed by atoms with Crippen LogP contribution in [0.25, 0.3) is 0 Å². The van der Waals surface area contributed by atoms with Crippen LogP contribution in [0.5, 0.6) is 11.5 Å². The maximum absolute atomic E-state index is 10.9. The molecule has 2 saturated heterocycles. The minimum absolute atomic E-state index is 0.0788. The van der Waals surface area contributed by atoms with Crippen LogP contribution in [0.15, 0.2) is 18.2 Å². The highest BCUT2D eigenvalue weighted by molar-refractivity contribution is 5.70. The van der Waals surface area contributed by atoms with Crippen molar-refractivity contribution in [1.82, 2.24) is 0 Å². The lowest BCUT2D eigenvalue weighted by atomic mass is 10.1. The molecule has 0 spiro atoms. The molecule has 0 amide bonds. The average Bonchev–Trinajstić information content (AvgIpc) is 3.11. The average molecular weight is 308 g/mol. The third-order valence-corrected chi connectivity index (χ3v) is 3.61. The monoisotopic (exact) mass is 308 g/mol. The summed E-state index contributed by atoms with van der Waals surface area (Å²) in [5, 5.41) is 8.99. The minimum atomic E-state index is -0.891. The van der Waals surface area contributed by atoms with E-state index in [1.165, 1.54) is 0 Å². The Morgan fingerprint density at radius 3 is 2.00 bits per heavy atom. The second kappa shape index (κ2) is 6.98. The maximum atomic E-state index is 10.9. The molecule has 1 aromatic carbocycles. The molecule has 22 heavy (non-hydrogen) atoms. The highest BCUT2D eigenvalue weighted by atomic mass is 16.7. The molecule has 2 heterocycles. The van der Waals surface area contributed by atoms with Gasteiger partial charge in [-0.15, -0.1) is 0 Å². The first-order chi connectivity index (χ1) is 10.7. The fourth-order valence-electron chi connectivity index (χ4n) is 2.63. The molecule has 2 aliphatic rings. The van der Waals surface area contributed by atoms with Gasteiger partial charge in [0.1, 0.15) is 11.5 Å². The molecule has 120 valence electrons. The summed E-state index contributed by atoms with van der Waals surface area (Å²) in [5.74, 6) is 0.245. The van der Waals surface area contributed by atoms with Gasteiger partial charge in [0.15, 0.2) is 12.6 Å². The zero-order chi connectivity index (χ0) is 15.4. The first-order valence-corrected chi connectivity index (χ1v) is 7.61. The van der Waals surface area contributed by atoms with E-state index in [0.29, 0.717) is 30.3 Å². The Morgan fingerprint density at radius 2 is 1.59 bits per heavy atom. The Morgan fingerprint density at radius 1 is 1.05 bits per heavy atom. The van der Waals surface area contributed by atoms with E-state index in [0.717, 1.165) is 25.7 Å². The second-order valence-corrected chi connectivity index (χ2v) is 5.50. The third-order valence-electron chi connectivity index (χ3n) is 3.61. The molecule has 0 aliphatic carbocycles. The normalized spacial score (nSPS) is 24.4. The lowest BCUT2D eigenvalue weighted by molar-refractivity contribution is -0.136. The number of benzene rings is 1. The molecule has 2 aliphatic heterocycles. The van der Waals surface area contributed by atoms with Crippen molar-refractivity contribution in [3.05, 3.63) is 23.8 Å². The van der Waals surface area contributed by atoms with Crippen LogP contribution in [-0.2, 0) is 20.7 Å². The van der Waals surface area contributed by atoms with Crippen LogP contribution in [0.4, 0.5) is 0 Å². The quantitative estimate of drug-likeness (QED) is 0.869. The summed E-state index contributed by atoms with van der Waals surface area (Å²) in [4.78, 5) is 10.9.